The van der Waals surface area contributed by atoms with Gasteiger partial charge in [0.1, 0.15) is 6.04 Å². The maximum atomic E-state index is 12.9. The molecular weight excluding hydrogens is 417 g/mol. The number of nitrogens with one attached hydrogen (secondary N) is 2. The quantitative estimate of drug-likeness (QED) is 0.702. The molecule has 2 heterocycles. The molecule has 2 N–H and O–H groups in total. The summed E-state index contributed by atoms with van der Waals surface area (Å²) in [6.07, 6.45) is -0.377. The molecule has 164 valence electrons. The minimum absolute atomic E-state index is 0.0465. The van der Waals surface area contributed by atoms with Crippen molar-refractivity contribution < 1.29 is 22.8 Å². The number of benzene rings is 1. The Balaban J connectivity index is 1.59. The number of hydrogen-bond donors (Lipinski definition) is 2. The van der Waals surface area contributed by atoms with E-state index in [2.05, 4.69) is 10.6 Å². The van der Waals surface area contributed by atoms with E-state index >= 15 is 0 Å². The molecule has 2 fully saturated rings. The Morgan fingerprint density at radius 2 is 1.83 bits per heavy atom. The lowest BCUT2D eigenvalue weighted by Gasteiger charge is -2.27. The highest BCUT2D eigenvalue weighted by molar-refractivity contribution is 7.80. The van der Waals surface area contributed by atoms with Crippen LogP contribution in [0.5, 0.6) is 0 Å². The molecule has 0 radical (unpaired) electrons. The van der Waals surface area contributed by atoms with Crippen LogP contribution in [0.3, 0.4) is 0 Å². The third kappa shape index (κ3) is 5.84. The van der Waals surface area contributed by atoms with Gasteiger partial charge in [-0.15, -0.1) is 0 Å². The van der Waals surface area contributed by atoms with Gasteiger partial charge in [-0.3, -0.25) is 9.59 Å². The zero-order valence-corrected chi connectivity index (χ0v) is 17.3. The molecule has 3 rings (SSSR count). The summed E-state index contributed by atoms with van der Waals surface area (Å²) in [4.78, 5) is 28.7. The smallest absolute Gasteiger partial charge is 0.351 e. The number of likely N-dealkylation sites (tertiary alicyclic amines) is 2. The zero-order chi connectivity index (χ0) is 21.7. The molecule has 30 heavy (non-hydrogen) atoms. The van der Waals surface area contributed by atoms with E-state index in [1.165, 1.54) is 12.1 Å². The van der Waals surface area contributed by atoms with Crippen LogP contribution in [0.1, 0.15) is 37.7 Å². The second-order valence-electron chi connectivity index (χ2n) is 7.57. The lowest BCUT2D eigenvalue weighted by atomic mass is 10.1. The minimum Gasteiger partial charge on any atom is -0.351 e. The maximum Gasteiger partial charge on any atom is 0.416 e. The highest BCUT2D eigenvalue weighted by atomic mass is 32.1. The first kappa shape index (κ1) is 22.3. The minimum atomic E-state index is -4.45. The predicted octanol–water partition coefficient (Wildman–Crippen LogP) is 3.00. The number of anilines is 1. The van der Waals surface area contributed by atoms with Crippen LogP contribution in [0.2, 0.25) is 0 Å². The Bertz CT molecular complexity index is 797. The normalized spacial score (nSPS) is 20.1. The second-order valence-corrected chi connectivity index (χ2v) is 7.98. The van der Waals surface area contributed by atoms with Crippen LogP contribution in [0.25, 0.3) is 0 Å². The Morgan fingerprint density at radius 3 is 2.53 bits per heavy atom. The Kier molecular flexibility index (Phi) is 7.17. The van der Waals surface area contributed by atoms with E-state index in [1.807, 2.05) is 0 Å². The summed E-state index contributed by atoms with van der Waals surface area (Å²) in [5, 5.41) is 5.70. The van der Waals surface area contributed by atoms with Crippen LogP contribution in [0, 0.1) is 0 Å². The molecule has 1 atom stereocenters. The lowest BCUT2D eigenvalue weighted by Crippen LogP contribution is -2.51. The van der Waals surface area contributed by atoms with Crippen molar-refractivity contribution >= 4 is 34.8 Å². The van der Waals surface area contributed by atoms with Gasteiger partial charge < -0.3 is 20.4 Å². The molecule has 2 saturated heterocycles. The molecule has 0 bridgehead atoms. The second kappa shape index (κ2) is 9.63. The SMILES string of the molecule is O=C(CN1CCCC[C@H](NC(=S)Nc2cccc(C(F)(F)F)c2)C1=O)N1CCCC1. The highest BCUT2D eigenvalue weighted by Crippen LogP contribution is 2.30. The van der Waals surface area contributed by atoms with Crippen LogP contribution >= 0.6 is 12.2 Å². The molecular formula is C20H25F3N4O2S. The van der Waals surface area contributed by atoms with E-state index in [1.54, 1.807) is 9.80 Å². The van der Waals surface area contributed by atoms with Crippen molar-refractivity contribution in [1.29, 1.82) is 0 Å². The van der Waals surface area contributed by atoms with Crippen LogP contribution < -0.4 is 10.6 Å². The zero-order valence-electron chi connectivity index (χ0n) is 16.5. The first-order valence-corrected chi connectivity index (χ1v) is 10.5. The number of alkyl halides is 3. The van der Waals surface area contributed by atoms with Gasteiger partial charge >= 0.3 is 6.18 Å². The number of nitrogens with zero attached hydrogens (tertiary/aromatic N) is 2. The molecule has 0 saturated carbocycles. The predicted molar refractivity (Wildman–Crippen MR) is 111 cm³/mol. The van der Waals surface area contributed by atoms with E-state index in [4.69, 9.17) is 12.2 Å². The molecule has 2 aliphatic heterocycles. The van der Waals surface area contributed by atoms with Gasteiger partial charge in [0.25, 0.3) is 0 Å². The summed E-state index contributed by atoms with van der Waals surface area (Å²) in [5.41, 5.74) is -0.600. The highest BCUT2D eigenvalue weighted by Gasteiger charge is 2.32. The van der Waals surface area contributed by atoms with E-state index in [9.17, 15) is 22.8 Å². The fourth-order valence-corrected chi connectivity index (χ4v) is 3.98. The van der Waals surface area contributed by atoms with Crippen molar-refractivity contribution in [1.82, 2.24) is 15.1 Å². The van der Waals surface area contributed by atoms with Crippen LogP contribution in [0.4, 0.5) is 18.9 Å². The number of carbonyl (C=O) groups excluding carboxylic acids is 2. The fraction of sp³-hybridized carbons (Fsp3) is 0.550. The average molecular weight is 443 g/mol. The third-order valence-electron chi connectivity index (χ3n) is 5.32. The number of carbonyl (C=O) groups is 2. The van der Waals surface area contributed by atoms with Gasteiger partial charge in [0.05, 0.1) is 12.1 Å². The summed E-state index contributed by atoms with van der Waals surface area (Å²) >= 11 is 5.22. The van der Waals surface area contributed by atoms with Gasteiger partial charge in [0, 0.05) is 25.3 Å². The van der Waals surface area contributed by atoms with Crippen LogP contribution in [0.15, 0.2) is 24.3 Å². The number of halogens is 3. The van der Waals surface area contributed by atoms with Gasteiger partial charge in [-0.05, 0) is 62.5 Å². The molecule has 10 heteroatoms. The van der Waals surface area contributed by atoms with Crippen molar-refractivity contribution in [2.75, 3.05) is 31.5 Å². The van der Waals surface area contributed by atoms with E-state index < -0.39 is 17.8 Å². The molecule has 0 aliphatic carbocycles. The topological polar surface area (TPSA) is 64.7 Å². The van der Waals surface area contributed by atoms with Gasteiger partial charge in [0.15, 0.2) is 5.11 Å². The van der Waals surface area contributed by atoms with E-state index in [-0.39, 0.29) is 29.2 Å². The molecule has 0 unspecified atom stereocenters. The number of rotatable bonds is 4. The molecule has 0 spiro atoms. The van der Waals surface area contributed by atoms with E-state index in [0.29, 0.717) is 13.0 Å². The van der Waals surface area contributed by atoms with Crippen molar-refractivity contribution in [3.63, 3.8) is 0 Å². The summed E-state index contributed by atoms with van der Waals surface area (Å²) < 4.78 is 38.6. The third-order valence-corrected chi connectivity index (χ3v) is 5.54. The summed E-state index contributed by atoms with van der Waals surface area (Å²) in [6.45, 7) is 2.01. The largest absolute Gasteiger partial charge is 0.416 e. The van der Waals surface area contributed by atoms with E-state index in [0.717, 1.165) is 50.9 Å². The van der Waals surface area contributed by atoms with Gasteiger partial charge in [-0.25, -0.2) is 0 Å². The molecule has 0 aromatic heterocycles. The molecule has 6 nitrogen and oxygen atoms in total. The van der Waals surface area contributed by atoms with Crippen molar-refractivity contribution in [2.24, 2.45) is 0 Å². The van der Waals surface area contributed by atoms with Crippen molar-refractivity contribution in [2.45, 2.75) is 44.3 Å². The maximum absolute atomic E-state index is 12.9. The standard InChI is InChI=1S/C20H25F3N4O2S/c21-20(22,23)14-6-5-7-15(12-14)24-19(30)25-16-8-1-2-11-27(18(16)29)13-17(28)26-9-3-4-10-26/h5-7,12,16H,1-4,8-11,13H2,(H2,24,25,30)/t16-/m0/s1. The Hall–Kier alpha value is -2.36. The molecule has 2 aliphatic rings. The molecule has 1 aromatic rings. The summed E-state index contributed by atoms with van der Waals surface area (Å²) in [6, 6.07) is 4.08. The van der Waals surface area contributed by atoms with Gasteiger partial charge in [-0.1, -0.05) is 6.07 Å². The fourth-order valence-electron chi connectivity index (χ4n) is 3.72. The summed E-state index contributed by atoms with van der Waals surface area (Å²) in [5.74, 6) is -0.264. The summed E-state index contributed by atoms with van der Waals surface area (Å²) in [7, 11) is 0. The van der Waals surface area contributed by atoms with Gasteiger partial charge in [0.2, 0.25) is 11.8 Å². The average Bonchev–Trinajstić information content (AvgIpc) is 3.18. The van der Waals surface area contributed by atoms with Gasteiger partial charge in [-0.2, -0.15) is 13.2 Å². The number of hydrogen-bond acceptors (Lipinski definition) is 3. The molecule has 2 amide bonds. The lowest BCUT2D eigenvalue weighted by molar-refractivity contribution is -0.140. The van der Waals surface area contributed by atoms with Crippen LogP contribution in [-0.4, -0.2) is 58.9 Å². The first-order chi connectivity index (χ1) is 14.2. The number of thiocarbonyl (C=S) groups is 1. The Morgan fingerprint density at radius 1 is 1.13 bits per heavy atom. The first-order valence-electron chi connectivity index (χ1n) is 10.1. The van der Waals surface area contributed by atoms with Crippen LogP contribution in [-0.2, 0) is 15.8 Å². The Labute approximate surface area is 178 Å². The monoisotopic (exact) mass is 442 g/mol. The number of amides is 2. The van der Waals surface area contributed by atoms with Crippen molar-refractivity contribution in [3.8, 4) is 0 Å². The van der Waals surface area contributed by atoms with Crippen molar-refractivity contribution in [3.05, 3.63) is 29.8 Å². The molecule has 1 aromatic carbocycles.